The minimum Gasteiger partial charge on any atom is -0.444 e. The zero-order valence-corrected chi connectivity index (χ0v) is 11.4. The molecule has 0 saturated heterocycles. The molecule has 3 nitrogen and oxygen atoms in total. The van der Waals surface area contributed by atoms with E-state index in [2.05, 4.69) is 41.5 Å². The van der Waals surface area contributed by atoms with E-state index in [0.29, 0.717) is 0 Å². The second-order valence-electron chi connectivity index (χ2n) is 4.31. The van der Waals surface area contributed by atoms with Crippen LogP contribution in [0.15, 0.2) is 53.4 Å². The molecule has 96 valence electrons. The number of hydrogen-bond donors (Lipinski definition) is 1. The van der Waals surface area contributed by atoms with Crippen molar-refractivity contribution < 1.29 is 4.42 Å². The van der Waals surface area contributed by atoms with Gasteiger partial charge in [-0.05, 0) is 31.2 Å². The topological polar surface area (TPSA) is 38.1 Å². The van der Waals surface area contributed by atoms with Gasteiger partial charge in [0.15, 0.2) is 12.2 Å². The summed E-state index contributed by atoms with van der Waals surface area (Å²) >= 11 is 1.82. The van der Waals surface area contributed by atoms with Gasteiger partial charge in [0.1, 0.15) is 0 Å². The second kappa shape index (κ2) is 5.28. The van der Waals surface area contributed by atoms with Gasteiger partial charge >= 0.3 is 0 Å². The molecule has 3 aromatic rings. The Morgan fingerprint density at radius 1 is 1.26 bits per heavy atom. The number of nitrogens with zero attached hydrogens (tertiary/aromatic N) is 1. The Balaban J connectivity index is 1.73. The van der Waals surface area contributed by atoms with E-state index in [0.717, 1.165) is 23.6 Å². The van der Waals surface area contributed by atoms with E-state index in [4.69, 9.17) is 4.42 Å². The Morgan fingerprint density at radius 2 is 2.21 bits per heavy atom. The van der Waals surface area contributed by atoms with Crippen LogP contribution in [0, 0.1) is 6.92 Å². The molecule has 0 radical (unpaired) electrons. The van der Waals surface area contributed by atoms with Crippen LogP contribution in [0.2, 0.25) is 0 Å². The highest BCUT2D eigenvalue weighted by atomic mass is 32.1. The quantitative estimate of drug-likeness (QED) is 0.767. The lowest BCUT2D eigenvalue weighted by molar-refractivity contribution is 0.572. The predicted octanol–water partition coefficient (Wildman–Crippen LogP) is 4.32. The lowest BCUT2D eigenvalue weighted by Crippen LogP contribution is -1.97. The zero-order valence-electron chi connectivity index (χ0n) is 10.6. The van der Waals surface area contributed by atoms with E-state index in [1.54, 1.807) is 6.20 Å². The van der Waals surface area contributed by atoms with Crippen molar-refractivity contribution in [3.05, 3.63) is 58.7 Å². The van der Waals surface area contributed by atoms with Gasteiger partial charge in [-0.3, -0.25) is 0 Å². The number of oxazole rings is 1. The molecule has 3 rings (SSSR count). The van der Waals surface area contributed by atoms with Gasteiger partial charge in [-0.2, -0.15) is 0 Å². The summed E-state index contributed by atoms with van der Waals surface area (Å²) in [6.07, 6.45) is 3.17. The number of benzene rings is 1. The average Bonchev–Trinajstić information content (AvgIpc) is 3.08. The standard InChI is InChI=1S/C15H14N2OS/c1-11-5-6-14(19-11)8-17-13-4-2-3-12(7-13)15-9-16-10-18-15/h2-7,9-10,17H,8H2,1H3. The van der Waals surface area contributed by atoms with Gasteiger partial charge in [0.05, 0.1) is 6.20 Å². The van der Waals surface area contributed by atoms with Gasteiger partial charge in [-0.15, -0.1) is 11.3 Å². The molecule has 19 heavy (non-hydrogen) atoms. The molecule has 1 aromatic carbocycles. The number of thiophene rings is 1. The van der Waals surface area contributed by atoms with E-state index < -0.39 is 0 Å². The highest BCUT2D eigenvalue weighted by molar-refractivity contribution is 7.11. The molecule has 0 aliphatic rings. The van der Waals surface area contributed by atoms with Crippen LogP contribution in [0.5, 0.6) is 0 Å². The molecule has 0 atom stereocenters. The van der Waals surface area contributed by atoms with Crippen LogP contribution in [-0.4, -0.2) is 4.98 Å². The molecular formula is C15H14N2OS. The smallest absolute Gasteiger partial charge is 0.181 e. The van der Waals surface area contributed by atoms with E-state index in [1.807, 2.05) is 23.5 Å². The van der Waals surface area contributed by atoms with Gasteiger partial charge in [0, 0.05) is 27.5 Å². The molecule has 2 heterocycles. The van der Waals surface area contributed by atoms with Crippen molar-refractivity contribution in [2.75, 3.05) is 5.32 Å². The average molecular weight is 270 g/mol. The van der Waals surface area contributed by atoms with Gasteiger partial charge < -0.3 is 9.73 Å². The lowest BCUT2D eigenvalue weighted by Gasteiger charge is -2.06. The van der Waals surface area contributed by atoms with Crippen molar-refractivity contribution >= 4 is 17.0 Å². The molecule has 0 bridgehead atoms. The molecule has 0 unspecified atom stereocenters. The van der Waals surface area contributed by atoms with Crippen LogP contribution in [0.3, 0.4) is 0 Å². The van der Waals surface area contributed by atoms with Crippen molar-refractivity contribution in [2.24, 2.45) is 0 Å². The summed E-state index contributed by atoms with van der Waals surface area (Å²) in [7, 11) is 0. The van der Waals surface area contributed by atoms with E-state index in [9.17, 15) is 0 Å². The van der Waals surface area contributed by atoms with Crippen molar-refractivity contribution in [2.45, 2.75) is 13.5 Å². The molecule has 0 saturated carbocycles. The molecule has 0 amide bonds. The molecular weight excluding hydrogens is 256 g/mol. The predicted molar refractivity (Wildman–Crippen MR) is 78.3 cm³/mol. The Hall–Kier alpha value is -2.07. The first-order valence-electron chi connectivity index (χ1n) is 6.09. The monoisotopic (exact) mass is 270 g/mol. The maximum absolute atomic E-state index is 5.30. The minimum absolute atomic E-state index is 0.788. The summed E-state index contributed by atoms with van der Waals surface area (Å²) in [5.41, 5.74) is 2.12. The van der Waals surface area contributed by atoms with Crippen LogP contribution < -0.4 is 5.32 Å². The summed E-state index contributed by atoms with van der Waals surface area (Å²) in [5.74, 6) is 0.788. The first-order chi connectivity index (χ1) is 9.31. The molecule has 4 heteroatoms. The van der Waals surface area contributed by atoms with Crippen molar-refractivity contribution in [1.29, 1.82) is 0 Å². The van der Waals surface area contributed by atoms with Crippen molar-refractivity contribution in [3.8, 4) is 11.3 Å². The zero-order chi connectivity index (χ0) is 13.1. The first-order valence-corrected chi connectivity index (χ1v) is 6.91. The van der Waals surface area contributed by atoms with Crippen molar-refractivity contribution in [1.82, 2.24) is 4.98 Å². The fraction of sp³-hybridized carbons (Fsp3) is 0.133. The highest BCUT2D eigenvalue weighted by Crippen LogP contribution is 2.23. The number of nitrogens with one attached hydrogen (secondary N) is 1. The number of aromatic nitrogens is 1. The van der Waals surface area contributed by atoms with Gasteiger partial charge in [0.2, 0.25) is 0 Å². The Morgan fingerprint density at radius 3 is 2.95 bits per heavy atom. The number of anilines is 1. The summed E-state index contributed by atoms with van der Waals surface area (Å²) in [5, 5.41) is 3.42. The molecule has 1 N–H and O–H groups in total. The van der Waals surface area contributed by atoms with Gasteiger partial charge in [-0.25, -0.2) is 4.98 Å². The number of hydrogen-bond acceptors (Lipinski definition) is 4. The molecule has 0 spiro atoms. The number of rotatable bonds is 4. The summed E-state index contributed by atoms with van der Waals surface area (Å²) < 4.78 is 5.30. The normalized spacial score (nSPS) is 10.6. The summed E-state index contributed by atoms with van der Waals surface area (Å²) in [6, 6.07) is 12.5. The van der Waals surface area contributed by atoms with E-state index >= 15 is 0 Å². The largest absolute Gasteiger partial charge is 0.444 e. The minimum atomic E-state index is 0.788. The van der Waals surface area contributed by atoms with Crippen LogP contribution in [0.4, 0.5) is 5.69 Å². The third-order valence-electron chi connectivity index (χ3n) is 2.84. The Bertz CT molecular complexity index is 658. The molecule has 0 aliphatic carbocycles. The second-order valence-corrected chi connectivity index (χ2v) is 5.68. The highest BCUT2D eigenvalue weighted by Gasteiger charge is 2.02. The van der Waals surface area contributed by atoms with Crippen LogP contribution in [-0.2, 0) is 6.54 Å². The van der Waals surface area contributed by atoms with E-state index in [-0.39, 0.29) is 0 Å². The SMILES string of the molecule is Cc1ccc(CNc2cccc(-c3cnco3)c2)s1. The van der Waals surface area contributed by atoms with Gasteiger partial charge in [0.25, 0.3) is 0 Å². The molecule has 0 fully saturated rings. The maximum Gasteiger partial charge on any atom is 0.181 e. The molecule has 2 aromatic heterocycles. The first kappa shape index (κ1) is 12.0. The Kier molecular flexibility index (Phi) is 3.33. The fourth-order valence-corrected chi connectivity index (χ4v) is 2.74. The third-order valence-corrected chi connectivity index (χ3v) is 3.84. The maximum atomic E-state index is 5.30. The fourth-order valence-electron chi connectivity index (χ4n) is 1.91. The Labute approximate surface area is 115 Å². The lowest BCUT2D eigenvalue weighted by atomic mass is 10.1. The van der Waals surface area contributed by atoms with Crippen LogP contribution >= 0.6 is 11.3 Å². The third kappa shape index (κ3) is 2.85. The van der Waals surface area contributed by atoms with Crippen LogP contribution in [0.25, 0.3) is 11.3 Å². The summed E-state index contributed by atoms with van der Waals surface area (Å²) in [4.78, 5) is 6.61. The van der Waals surface area contributed by atoms with E-state index in [1.165, 1.54) is 16.1 Å². The van der Waals surface area contributed by atoms with Crippen LogP contribution in [0.1, 0.15) is 9.75 Å². The number of aryl methyl sites for hydroxylation is 1. The van der Waals surface area contributed by atoms with Gasteiger partial charge in [-0.1, -0.05) is 12.1 Å². The molecule has 0 aliphatic heterocycles. The summed E-state index contributed by atoms with van der Waals surface area (Å²) in [6.45, 7) is 2.97. The van der Waals surface area contributed by atoms with Crippen molar-refractivity contribution in [3.63, 3.8) is 0 Å².